The van der Waals surface area contributed by atoms with E-state index < -0.39 is 10.0 Å². The predicted molar refractivity (Wildman–Crippen MR) is 106 cm³/mol. The number of para-hydroxylation sites is 2. The highest BCUT2D eigenvalue weighted by Crippen LogP contribution is 2.33. The van der Waals surface area contributed by atoms with Crippen LogP contribution in [-0.2, 0) is 10.0 Å². The van der Waals surface area contributed by atoms with Gasteiger partial charge in [0.25, 0.3) is 10.0 Å². The summed E-state index contributed by atoms with van der Waals surface area (Å²) >= 11 is 0. The summed E-state index contributed by atoms with van der Waals surface area (Å²) in [7, 11) is -3.92. The monoisotopic (exact) mass is 398 g/mol. The summed E-state index contributed by atoms with van der Waals surface area (Å²) in [5.41, 5.74) is 1.22. The third-order valence-electron chi connectivity index (χ3n) is 4.04. The van der Waals surface area contributed by atoms with E-state index in [4.69, 9.17) is 9.47 Å². The summed E-state index contributed by atoms with van der Waals surface area (Å²) in [6.45, 7) is 4.87. The molecule has 28 heavy (non-hydrogen) atoms. The standard InChI is InChI=1S/C19H18N4O4S/c1-2-9-20-18-19(22-15-6-4-3-5-14(15)21-18)23-28(24,25)13-7-8-16-17(12-13)27-11-10-26-16/h2-8,12H,1,9-11H2,(H,20,21)(H,22,23). The fourth-order valence-corrected chi connectivity index (χ4v) is 3.76. The van der Waals surface area contributed by atoms with Crippen LogP contribution in [0.3, 0.4) is 0 Å². The number of ether oxygens (including phenoxy) is 2. The van der Waals surface area contributed by atoms with Crippen LogP contribution in [0.2, 0.25) is 0 Å². The molecule has 3 aromatic rings. The van der Waals surface area contributed by atoms with Crippen LogP contribution in [-0.4, -0.2) is 38.1 Å². The van der Waals surface area contributed by atoms with Crippen molar-refractivity contribution in [2.75, 3.05) is 29.8 Å². The fourth-order valence-electron chi connectivity index (χ4n) is 2.74. The van der Waals surface area contributed by atoms with Crippen molar-refractivity contribution < 1.29 is 17.9 Å². The zero-order chi connectivity index (χ0) is 19.6. The molecule has 1 aliphatic rings. The Bertz CT molecular complexity index is 1150. The van der Waals surface area contributed by atoms with Crippen molar-refractivity contribution in [3.63, 3.8) is 0 Å². The van der Waals surface area contributed by atoms with Crippen LogP contribution in [0.25, 0.3) is 11.0 Å². The quantitative estimate of drug-likeness (QED) is 0.616. The fraction of sp³-hybridized carbons (Fsp3) is 0.158. The number of sulfonamides is 1. The van der Waals surface area contributed by atoms with Gasteiger partial charge in [0, 0.05) is 12.6 Å². The van der Waals surface area contributed by atoms with E-state index in [1.165, 1.54) is 12.1 Å². The van der Waals surface area contributed by atoms with Gasteiger partial charge in [-0.25, -0.2) is 18.4 Å². The molecule has 4 rings (SSSR count). The minimum Gasteiger partial charge on any atom is -0.486 e. The SMILES string of the molecule is C=CCNc1nc2ccccc2nc1NS(=O)(=O)c1ccc2c(c1)OCCO2. The van der Waals surface area contributed by atoms with E-state index in [1.807, 2.05) is 12.1 Å². The van der Waals surface area contributed by atoms with Crippen molar-refractivity contribution in [3.05, 3.63) is 55.1 Å². The molecule has 0 atom stereocenters. The second kappa shape index (κ2) is 7.35. The molecule has 144 valence electrons. The lowest BCUT2D eigenvalue weighted by Crippen LogP contribution is -2.18. The lowest BCUT2D eigenvalue weighted by Gasteiger charge is -2.19. The average molecular weight is 398 g/mol. The van der Waals surface area contributed by atoms with E-state index in [-0.39, 0.29) is 10.7 Å². The number of nitrogens with one attached hydrogen (secondary N) is 2. The Balaban J connectivity index is 1.72. The minimum atomic E-state index is -3.92. The van der Waals surface area contributed by atoms with Crippen LogP contribution in [0.5, 0.6) is 11.5 Å². The van der Waals surface area contributed by atoms with Gasteiger partial charge in [0.1, 0.15) is 13.2 Å². The van der Waals surface area contributed by atoms with E-state index in [1.54, 1.807) is 24.3 Å². The van der Waals surface area contributed by atoms with Crippen molar-refractivity contribution in [1.82, 2.24) is 9.97 Å². The number of nitrogens with zero attached hydrogens (tertiary/aromatic N) is 2. The first-order valence-electron chi connectivity index (χ1n) is 8.61. The van der Waals surface area contributed by atoms with E-state index in [9.17, 15) is 8.42 Å². The maximum atomic E-state index is 12.9. The summed E-state index contributed by atoms with van der Waals surface area (Å²) in [6, 6.07) is 11.7. The highest BCUT2D eigenvalue weighted by atomic mass is 32.2. The molecule has 2 N–H and O–H groups in total. The van der Waals surface area contributed by atoms with Gasteiger partial charge in [-0.2, -0.15) is 0 Å². The smallest absolute Gasteiger partial charge is 0.263 e. The highest BCUT2D eigenvalue weighted by Gasteiger charge is 2.22. The zero-order valence-corrected chi connectivity index (χ0v) is 15.7. The average Bonchev–Trinajstić information content (AvgIpc) is 2.71. The van der Waals surface area contributed by atoms with Crippen LogP contribution in [0, 0.1) is 0 Å². The van der Waals surface area contributed by atoms with Crippen molar-refractivity contribution in [1.29, 1.82) is 0 Å². The molecule has 0 radical (unpaired) electrons. The van der Waals surface area contributed by atoms with Crippen LogP contribution >= 0.6 is 0 Å². The number of benzene rings is 2. The second-order valence-electron chi connectivity index (χ2n) is 5.99. The molecule has 0 spiro atoms. The molecule has 0 aliphatic carbocycles. The molecule has 1 aliphatic heterocycles. The summed E-state index contributed by atoms with van der Waals surface area (Å²) in [5.74, 6) is 1.34. The number of rotatable bonds is 6. The van der Waals surface area contributed by atoms with Gasteiger partial charge in [-0.3, -0.25) is 4.72 Å². The van der Waals surface area contributed by atoms with Gasteiger partial charge in [0.2, 0.25) is 0 Å². The van der Waals surface area contributed by atoms with Gasteiger partial charge in [0.05, 0.1) is 15.9 Å². The molecular formula is C19H18N4O4S. The van der Waals surface area contributed by atoms with E-state index in [0.717, 1.165) is 0 Å². The normalized spacial score (nSPS) is 13.1. The Morgan fingerprint density at radius 1 is 1.00 bits per heavy atom. The molecule has 2 heterocycles. The minimum absolute atomic E-state index is 0.0429. The molecule has 2 aromatic carbocycles. The molecule has 0 amide bonds. The van der Waals surface area contributed by atoms with Crippen molar-refractivity contribution >= 4 is 32.7 Å². The highest BCUT2D eigenvalue weighted by molar-refractivity contribution is 7.92. The number of aromatic nitrogens is 2. The third-order valence-corrected chi connectivity index (χ3v) is 5.38. The molecule has 0 fully saturated rings. The largest absolute Gasteiger partial charge is 0.486 e. The summed E-state index contributed by atoms with van der Waals surface area (Å²) in [5, 5.41) is 3.02. The Kier molecular flexibility index (Phi) is 4.74. The number of anilines is 2. The van der Waals surface area contributed by atoms with Gasteiger partial charge in [-0.05, 0) is 24.3 Å². The first-order valence-corrected chi connectivity index (χ1v) is 10.1. The molecule has 0 saturated carbocycles. The molecule has 0 bridgehead atoms. The Morgan fingerprint density at radius 3 is 2.39 bits per heavy atom. The maximum Gasteiger partial charge on any atom is 0.263 e. The van der Waals surface area contributed by atoms with Gasteiger partial charge >= 0.3 is 0 Å². The van der Waals surface area contributed by atoms with Crippen LogP contribution in [0.15, 0.2) is 60.0 Å². The Morgan fingerprint density at radius 2 is 1.68 bits per heavy atom. The van der Waals surface area contributed by atoms with Gasteiger partial charge in [-0.1, -0.05) is 18.2 Å². The van der Waals surface area contributed by atoms with Crippen LogP contribution < -0.4 is 19.5 Å². The Hall–Kier alpha value is -3.33. The summed E-state index contributed by atoms with van der Waals surface area (Å²) in [4.78, 5) is 8.93. The molecule has 9 heteroatoms. The van der Waals surface area contributed by atoms with E-state index >= 15 is 0 Å². The van der Waals surface area contributed by atoms with Gasteiger partial charge < -0.3 is 14.8 Å². The first-order chi connectivity index (χ1) is 13.6. The van der Waals surface area contributed by atoms with E-state index in [0.29, 0.717) is 48.1 Å². The zero-order valence-electron chi connectivity index (χ0n) is 14.9. The molecule has 1 aromatic heterocycles. The number of fused-ring (bicyclic) bond motifs is 2. The third kappa shape index (κ3) is 3.56. The van der Waals surface area contributed by atoms with Crippen LogP contribution in [0.1, 0.15) is 0 Å². The molecule has 0 unspecified atom stereocenters. The van der Waals surface area contributed by atoms with Gasteiger partial charge in [0.15, 0.2) is 23.1 Å². The summed E-state index contributed by atoms with van der Waals surface area (Å²) < 4.78 is 39.3. The molecule has 0 saturated heterocycles. The van der Waals surface area contributed by atoms with Crippen LogP contribution in [0.4, 0.5) is 11.6 Å². The maximum absolute atomic E-state index is 12.9. The van der Waals surface area contributed by atoms with Crippen molar-refractivity contribution in [2.45, 2.75) is 4.90 Å². The molecule has 8 nitrogen and oxygen atoms in total. The first kappa shape index (κ1) is 18.1. The second-order valence-corrected chi connectivity index (χ2v) is 7.67. The summed E-state index contributed by atoms with van der Waals surface area (Å²) in [6.07, 6.45) is 1.65. The van der Waals surface area contributed by atoms with Gasteiger partial charge in [-0.15, -0.1) is 6.58 Å². The predicted octanol–water partition coefficient (Wildman–Crippen LogP) is 2.80. The van der Waals surface area contributed by atoms with Crippen molar-refractivity contribution in [2.24, 2.45) is 0 Å². The Labute approximate surface area is 162 Å². The lowest BCUT2D eigenvalue weighted by atomic mass is 10.3. The van der Waals surface area contributed by atoms with E-state index in [2.05, 4.69) is 26.6 Å². The van der Waals surface area contributed by atoms with Crippen molar-refractivity contribution in [3.8, 4) is 11.5 Å². The number of hydrogen-bond donors (Lipinski definition) is 2. The topological polar surface area (TPSA) is 102 Å². The molecular weight excluding hydrogens is 380 g/mol. The number of hydrogen-bond acceptors (Lipinski definition) is 7. The lowest BCUT2D eigenvalue weighted by molar-refractivity contribution is 0.171.